The first-order valence-corrected chi connectivity index (χ1v) is 12.2. The number of hydrogen-bond donors (Lipinski definition) is 0. The summed E-state index contributed by atoms with van der Waals surface area (Å²) in [4.78, 5) is 14.2. The number of rotatable bonds is 7. The van der Waals surface area contributed by atoms with Crippen molar-refractivity contribution in [2.24, 2.45) is 5.41 Å². The SMILES string of the molecule is C[SiH](C)OC(C)(CC(C)(C)C)N1CC(COc2cccc(Cl)c2)OC1=O. The summed E-state index contributed by atoms with van der Waals surface area (Å²) >= 11 is 5.97. The van der Waals surface area contributed by atoms with Gasteiger partial charge in [-0.25, -0.2) is 4.79 Å². The van der Waals surface area contributed by atoms with Crippen molar-refractivity contribution in [1.29, 1.82) is 0 Å². The van der Waals surface area contributed by atoms with Crippen molar-refractivity contribution in [3.63, 3.8) is 0 Å². The van der Waals surface area contributed by atoms with E-state index >= 15 is 0 Å². The van der Waals surface area contributed by atoms with Crippen LogP contribution in [0.5, 0.6) is 5.75 Å². The summed E-state index contributed by atoms with van der Waals surface area (Å²) in [5, 5.41) is 0.612. The van der Waals surface area contributed by atoms with Crippen LogP contribution >= 0.6 is 11.6 Å². The van der Waals surface area contributed by atoms with Gasteiger partial charge in [-0.15, -0.1) is 0 Å². The Hall–Kier alpha value is -1.24. The van der Waals surface area contributed by atoms with Crippen LogP contribution in [0.2, 0.25) is 18.1 Å². The number of carbonyl (C=O) groups is 1. The van der Waals surface area contributed by atoms with Crippen molar-refractivity contribution in [2.45, 2.75) is 59.0 Å². The van der Waals surface area contributed by atoms with E-state index in [1.54, 1.807) is 17.0 Å². The molecule has 1 aromatic rings. The maximum atomic E-state index is 12.5. The number of cyclic esters (lactones) is 1. The van der Waals surface area contributed by atoms with Gasteiger partial charge in [0.05, 0.1) is 6.54 Å². The third kappa shape index (κ3) is 5.89. The molecule has 0 saturated carbocycles. The molecule has 5 nitrogen and oxygen atoms in total. The van der Waals surface area contributed by atoms with Crippen molar-refractivity contribution in [2.75, 3.05) is 13.2 Å². The smallest absolute Gasteiger partial charge is 0.412 e. The second kappa shape index (κ2) is 8.19. The Kier molecular flexibility index (Phi) is 6.63. The molecule has 1 fully saturated rings. The Morgan fingerprint density at radius 3 is 2.58 bits per heavy atom. The summed E-state index contributed by atoms with van der Waals surface area (Å²) < 4.78 is 17.6. The first-order valence-electron chi connectivity index (χ1n) is 9.03. The van der Waals surface area contributed by atoms with Crippen molar-refractivity contribution >= 4 is 26.7 Å². The van der Waals surface area contributed by atoms with Gasteiger partial charge in [0.25, 0.3) is 0 Å². The molecule has 146 valence electrons. The summed E-state index contributed by atoms with van der Waals surface area (Å²) in [7, 11) is -1.36. The van der Waals surface area contributed by atoms with E-state index < -0.39 is 14.8 Å². The van der Waals surface area contributed by atoms with Gasteiger partial charge in [0, 0.05) is 5.02 Å². The molecule has 0 bridgehead atoms. The lowest BCUT2D eigenvalue weighted by atomic mass is 9.86. The molecule has 1 aliphatic rings. The molecule has 7 heteroatoms. The molecule has 2 atom stereocenters. The Morgan fingerprint density at radius 2 is 2.00 bits per heavy atom. The highest BCUT2D eigenvalue weighted by Gasteiger charge is 2.46. The van der Waals surface area contributed by atoms with E-state index in [-0.39, 0.29) is 24.2 Å². The van der Waals surface area contributed by atoms with Crippen molar-refractivity contribution in [3.05, 3.63) is 29.3 Å². The molecule has 0 aromatic heterocycles. The van der Waals surface area contributed by atoms with E-state index in [1.807, 2.05) is 19.1 Å². The van der Waals surface area contributed by atoms with Gasteiger partial charge in [-0.1, -0.05) is 38.4 Å². The summed E-state index contributed by atoms with van der Waals surface area (Å²) in [6.07, 6.45) is 0.0617. The number of hydrogen-bond acceptors (Lipinski definition) is 4. The highest BCUT2D eigenvalue weighted by molar-refractivity contribution is 6.48. The third-order valence-corrected chi connectivity index (χ3v) is 5.24. The van der Waals surface area contributed by atoms with Crippen LogP contribution in [-0.2, 0) is 9.16 Å². The first-order chi connectivity index (χ1) is 12.0. The number of ether oxygens (including phenoxy) is 2. The molecule has 2 unspecified atom stereocenters. The largest absolute Gasteiger partial charge is 0.490 e. The van der Waals surface area contributed by atoms with Crippen LogP contribution in [-0.4, -0.2) is 45.0 Å². The number of carbonyl (C=O) groups excluding carboxylic acids is 1. The third-order valence-electron chi connectivity index (χ3n) is 4.02. The molecular formula is C19H30ClNO4Si. The van der Waals surface area contributed by atoms with E-state index in [2.05, 4.69) is 33.9 Å². The highest BCUT2D eigenvalue weighted by Crippen LogP contribution is 2.35. The minimum Gasteiger partial charge on any atom is -0.490 e. The quantitative estimate of drug-likeness (QED) is 0.624. The van der Waals surface area contributed by atoms with Crippen LogP contribution in [0, 0.1) is 5.41 Å². The van der Waals surface area contributed by atoms with Crippen LogP contribution in [0.1, 0.15) is 34.1 Å². The lowest BCUT2D eigenvalue weighted by molar-refractivity contribution is -0.0663. The van der Waals surface area contributed by atoms with E-state index in [4.69, 9.17) is 25.5 Å². The average molecular weight is 400 g/mol. The fourth-order valence-electron chi connectivity index (χ4n) is 3.43. The van der Waals surface area contributed by atoms with Crippen LogP contribution < -0.4 is 4.74 Å². The Balaban J connectivity index is 2.05. The molecule has 0 N–H and O–H groups in total. The maximum absolute atomic E-state index is 12.5. The summed E-state index contributed by atoms with van der Waals surface area (Å²) in [6, 6.07) is 7.19. The normalized spacial score (nSPS) is 20.2. The average Bonchev–Trinajstić information content (AvgIpc) is 2.84. The van der Waals surface area contributed by atoms with Gasteiger partial charge >= 0.3 is 6.09 Å². The van der Waals surface area contributed by atoms with Crippen LogP contribution in [0.15, 0.2) is 24.3 Å². The lowest BCUT2D eigenvalue weighted by Crippen LogP contribution is -2.53. The summed E-state index contributed by atoms with van der Waals surface area (Å²) in [6.45, 7) is 13.4. The number of benzene rings is 1. The van der Waals surface area contributed by atoms with Crippen LogP contribution in [0.4, 0.5) is 4.79 Å². The summed E-state index contributed by atoms with van der Waals surface area (Å²) in [5.41, 5.74) is -0.645. The second-order valence-corrected chi connectivity index (χ2v) is 11.2. The van der Waals surface area contributed by atoms with Gasteiger partial charge in [-0.05, 0) is 50.1 Å². The van der Waals surface area contributed by atoms with Gasteiger partial charge in [-0.3, -0.25) is 4.90 Å². The zero-order chi connectivity index (χ0) is 19.5. The topological polar surface area (TPSA) is 48.0 Å². The van der Waals surface area contributed by atoms with Crippen molar-refractivity contribution in [3.8, 4) is 5.75 Å². The molecule has 2 rings (SSSR count). The molecule has 0 spiro atoms. The maximum Gasteiger partial charge on any atom is 0.412 e. The van der Waals surface area contributed by atoms with Crippen LogP contribution in [0.3, 0.4) is 0 Å². The van der Waals surface area contributed by atoms with Gasteiger partial charge in [-0.2, -0.15) is 0 Å². The fraction of sp³-hybridized carbons (Fsp3) is 0.632. The minimum absolute atomic E-state index is 0.0215. The molecule has 1 aromatic carbocycles. The molecule has 26 heavy (non-hydrogen) atoms. The van der Waals surface area contributed by atoms with E-state index in [9.17, 15) is 4.79 Å². The first kappa shape index (κ1) is 21.1. The van der Waals surface area contributed by atoms with Gasteiger partial charge in [0.15, 0.2) is 15.1 Å². The van der Waals surface area contributed by atoms with Crippen molar-refractivity contribution in [1.82, 2.24) is 4.90 Å². The van der Waals surface area contributed by atoms with Crippen LogP contribution in [0.25, 0.3) is 0 Å². The minimum atomic E-state index is -1.36. The zero-order valence-corrected chi connectivity index (χ0v) is 18.5. The fourth-order valence-corrected chi connectivity index (χ4v) is 4.84. The number of halogens is 1. The van der Waals surface area contributed by atoms with Gasteiger partial charge < -0.3 is 13.9 Å². The predicted molar refractivity (Wildman–Crippen MR) is 106 cm³/mol. The van der Waals surface area contributed by atoms with E-state index in [0.717, 1.165) is 6.42 Å². The molecule has 0 aliphatic carbocycles. The second-order valence-electron chi connectivity index (χ2n) is 8.46. The molecule has 1 heterocycles. The Morgan fingerprint density at radius 1 is 1.31 bits per heavy atom. The van der Waals surface area contributed by atoms with Gasteiger partial charge in [0.1, 0.15) is 18.1 Å². The molecule has 1 saturated heterocycles. The highest BCUT2D eigenvalue weighted by atomic mass is 35.5. The summed E-state index contributed by atoms with van der Waals surface area (Å²) in [5.74, 6) is 0.662. The number of amides is 1. The molecule has 0 radical (unpaired) electrons. The van der Waals surface area contributed by atoms with E-state index in [0.29, 0.717) is 17.3 Å². The molecule has 1 amide bonds. The lowest BCUT2D eigenvalue weighted by Gasteiger charge is -2.42. The molecular weight excluding hydrogens is 370 g/mol. The van der Waals surface area contributed by atoms with E-state index in [1.165, 1.54) is 0 Å². The monoisotopic (exact) mass is 399 g/mol. The molecule has 1 aliphatic heterocycles. The number of nitrogens with zero attached hydrogens (tertiary/aromatic N) is 1. The Labute approximate surface area is 163 Å². The zero-order valence-electron chi connectivity index (χ0n) is 16.5. The van der Waals surface area contributed by atoms with Crippen molar-refractivity contribution < 1.29 is 18.7 Å². The predicted octanol–water partition coefficient (Wildman–Crippen LogP) is 4.69. The Bertz CT molecular complexity index is 634. The van der Waals surface area contributed by atoms with Gasteiger partial charge in [0.2, 0.25) is 0 Å². The standard InChI is InChI=1S/C19H30ClNO4Si/c1-18(2,3)13-19(4,25-26(5)6)21-11-16(24-17(21)22)12-23-15-9-7-8-14(20)10-15/h7-10,16,26H,11-13H2,1-6H3.